The van der Waals surface area contributed by atoms with Crippen LogP contribution in [0.25, 0.3) is 0 Å². The molecule has 8 N–H and O–H groups in total. The molecule has 0 bridgehead atoms. The van der Waals surface area contributed by atoms with Crippen LogP contribution in [0.4, 0.5) is 0 Å². The van der Waals surface area contributed by atoms with Gasteiger partial charge < -0.3 is 50.3 Å². The molecule has 12 heteroatoms. The van der Waals surface area contributed by atoms with Gasteiger partial charge >= 0.3 is 11.9 Å². The average Bonchev–Trinajstić information content (AvgIpc) is 2.56. The van der Waals surface area contributed by atoms with Crippen molar-refractivity contribution in [3.05, 3.63) is 0 Å². The van der Waals surface area contributed by atoms with E-state index in [4.69, 9.17) is 19.7 Å². The maximum Gasteiger partial charge on any atom is 0.335 e. The first-order chi connectivity index (χ1) is 12.7. The van der Waals surface area contributed by atoms with Crippen LogP contribution in [-0.4, -0.2) is 108 Å². The number of hydrogen-bond acceptors (Lipinski definition) is 10. The third-order valence-electron chi connectivity index (χ3n) is 4.22. The number of carbonyl (C=O) groups is 2. The van der Waals surface area contributed by atoms with E-state index in [0.717, 1.165) is 0 Å². The van der Waals surface area contributed by atoms with Gasteiger partial charge in [0.15, 0.2) is 18.5 Å². The Hall–Kier alpha value is -1.38. The highest BCUT2D eigenvalue weighted by molar-refractivity contribution is 5.73. The Labute approximate surface area is 160 Å². The van der Waals surface area contributed by atoms with Crippen molar-refractivity contribution in [2.24, 2.45) is 5.41 Å². The lowest BCUT2D eigenvalue weighted by Crippen LogP contribution is -2.62. The smallest absolute Gasteiger partial charge is 0.335 e. The third-order valence-corrected chi connectivity index (χ3v) is 4.22. The number of carboxylic acids is 2. The Morgan fingerprint density at radius 1 is 1.00 bits per heavy atom. The van der Waals surface area contributed by atoms with Gasteiger partial charge in [0.25, 0.3) is 0 Å². The molecule has 0 aromatic heterocycles. The topological polar surface area (TPSA) is 214 Å². The fourth-order valence-electron chi connectivity index (χ4n) is 2.77. The molecule has 0 radical (unpaired) electrons. The van der Waals surface area contributed by atoms with Gasteiger partial charge in [0.2, 0.25) is 0 Å². The Morgan fingerprint density at radius 3 is 1.96 bits per heavy atom. The molecule has 0 aromatic rings. The molecule has 0 spiro atoms. The Bertz CT molecular complexity index is 546. The monoisotopic (exact) mass is 412 g/mol. The Morgan fingerprint density at radius 2 is 1.54 bits per heavy atom. The van der Waals surface area contributed by atoms with Crippen molar-refractivity contribution >= 4 is 11.9 Å². The molecule has 0 saturated carbocycles. The normalized spacial score (nSPS) is 33.0. The number of aliphatic carboxylic acids is 2. The van der Waals surface area contributed by atoms with Crippen LogP contribution in [0.1, 0.15) is 27.2 Å². The molecule has 1 aliphatic heterocycles. The fourth-order valence-corrected chi connectivity index (χ4v) is 2.77. The van der Waals surface area contributed by atoms with E-state index in [1.165, 1.54) is 0 Å². The predicted molar refractivity (Wildman–Crippen MR) is 88.9 cm³/mol. The van der Waals surface area contributed by atoms with Gasteiger partial charge in [-0.25, -0.2) is 9.59 Å². The molecule has 1 fully saturated rings. The summed E-state index contributed by atoms with van der Waals surface area (Å²) in [4.78, 5) is 22.3. The number of aliphatic hydroxyl groups is 6. The SMILES string of the molecule is CC(C)(C)C[C@H](O)[C@@H](O)[C@@H](O[C@H]1O[C@H](C(=O)O)[C@H](O)[C@H](O)[C@H]1O)[C@H](O)C(=O)O. The first kappa shape index (κ1) is 24.7. The molecule has 1 saturated heterocycles. The highest BCUT2D eigenvalue weighted by atomic mass is 16.7. The second-order valence-corrected chi connectivity index (χ2v) is 7.94. The summed E-state index contributed by atoms with van der Waals surface area (Å²) >= 11 is 0. The van der Waals surface area contributed by atoms with Crippen molar-refractivity contribution in [1.29, 1.82) is 0 Å². The van der Waals surface area contributed by atoms with Crippen molar-refractivity contribution in [2.45, 2.75) is 82.3 Å². The summed E-state index contributed by atoms with van der Waals surface area (Å²) in [6.07, 6.45) is -18.1. The van der Waals surface area contributed by atoms with Crippen LogP contribution in [-0.2, 0) is 19.1 Å². The van der Waals surface area contributed by atoms with Gasteiger partial charge in [-0.2, -0.15) is 0 Å². The molecule has 164 valence electrons. The molecule has 1 rings (SSSR count). The standard InChI is InChI=1S/C16H28O12/c1-16(2,3)4-5(17)6(18)11(10(22)13(23)24)27-15-9(21)7(19)8(20)12(28-15)14(25)26/h5-12,15,17-22H,4H2,1-3H3,(H,23,24)(H,25,26)/t5-,6+,7-,8+,9+,10-,11+,12-,15-/m0/s1. The second kappa shape index (κ2) is 9.41. The molecule has 1 aliphatic rings. The molecular weight excluding hydrogens is 384 g/mol. The van der Waals surface area contributed by atoms with Crippen molar-refractivity contribution in [3.8, 4) is 0 Å². The summed E-state index contributed by atoms with van der Waals surface area (Å²) in [6, 6.07) is 0. The van der Waals surface area contributed by atoms with E-state index in [1.807, 2.05) is 0 Å². The van der Waals surface area contributed by atoms with Gasteiger partial charge in [-0.1, -0.05) is 20.8 Å². The minimum Gasteiger partial charge on any atom is -0.479 e. The van der Waals surface area contributed by atoms with E-state index in [2.05, 4.69) is 0 Å². The van der Waals surface area contributed by atoms with Crippen LogP contribution in [0.2, 0.25) is 0 Å². The van der Waals surface area contributed by atoms with Gasteiger partial charge in [0.1, 0.15) is 30.5 Å². The number of hydrogen-bond donors (Lipinski definition) is 8. The molecule has 0 aromatic carbocycles. The van der Waals surface area contributed by atoms with E-state index >= 15 is 0 Å². The van der Waals surface area contributed by atoms with Crippen LogP contribution in [0.5, 0.6) is 0 Å². The Balaban J connectivity index is 3.08. The van der Waals surface area contributed by atoms with Crippen LogP contribution in [0.15, 0.2) is 0 Å². The van der Waals surface area contributed by atoms with E-state index in [9.17, 15) is 40.2 Å². The molecule has 28 heavy (non-hydrogen) atoms. The summed E-state index contributed by atoms with van der Waals surface area (Å²) in [5, 5.41) is 77.8. The summed E-state index contributed by atoms with van der Waals surface area (Å²) in [5.74, 6) is -3.52. The molecule has 12 nitrogen and oxygen atoms in total. The Kier molecular flexibility index (Phi) is 8.29. The maximum absolute atomic E-state index is 11.2. The average molecular weight is 412 g/mol. The minimum atomic E-state index is -2.38. The molecule has 9 atom stereocenters. The van der Waals surface area contributed by atoms with Gasteiger partial charge in [0.05, 0.1) is 6.10 Å². The summed E-state index contributed by atoms with van der Waals surface area (Å²) in [5.41, 5.74) is -0.491. The van der Waals surface area contributed by atoms with Crippen molar-refractivity contribution in [3.63, 3.8) is 0 Å². The van der Waals surface area contributed by atoms with Crippen molar-refractivity contribution in [1.82, 2.24) is 0 Å². The zero-order valence-corrected chi connectivity index (χ0v) is 15.6. The number of ether oxygens (including phenoxy) is 2. The molecule has 1 heterocycles. The summed E-state index contributed by atoms with van der Waals surface area (Å²) in [6.45, 7) is 5.20. The van der Waals surface area contributed by atoms with E-state index in [0.29, 0.717) is 0 Å². The molecule has 0 aliphatic carbocycles. The summed E-state index contributed by atoms with van der Waals surface area (Å²) in [7, 11) is 0. The first-order valence-electron chi connectivity index (χ1n) is 8.52. The highest BCUT2D eigenvalue weighted by Gasteiger charge is 2.50. The van der Waals surface area contributed by atoms with Crippen LogP contribution >= 0.6 is 0 Å². The third kappa shape index (κ3) is 6.06. The fraction of sp³-hybridized carbons (Fsp3) is 0.875. The highest BCUT2D eigenvalue weighted by Crippen LogP contribution is 2.28. The molecule has 0 amide bonds. The van der Waals surface area contributed by atoms with Gasteiger partial charge in [-0.05, 0) is 11.8 Å². The lowest BCUT2D eigenvalue weighted by atomic mass is 9.86. The van der Waals surface area contributed by atoms with Crippen molar-refractivity contribution in [2.75, 3.05) is 0 Å². The predicted octanol–water partition coefficient (Wildman–Crippen LogP) is -3.13. The largest absolute Gasteiger partial charge is 0.479 e. The number of rotatable bonds is 8. The lowest BCUT2D eigenvalue weighted by Gasteiger charge is -2.41. The van der Waals surface area contributed by atoms with Crippen LogP contribution < -0.4 is 0 Å². The van der Waals surface area contributed by atoms with Crippen LogP contribution in [0, 0.1) is 5.41 Å². The quantitative estimate of drug-likeness (QED) is 0.199. The van der Waals surface area contributed by atoms with Crippen LogP contribution in [0.3, 0.4) is 0 Å². The zero-order valence-electron chi connectivity index (χ0n) is 15.6. The first-order valence-corrected chi connectivity index (χ1v) is 8.52. The molecule has 0 unspecified atom stereocenters. The second-order valence-electron chi connectivity index (χ2n) is 7.94. The van der Waals surface area contributed by atoms with E-state index in [1.54, 1.807) is 20.8 Å². The van der Waals surface area contributed by atoms with Gasteiger partial charge in [0, 0.05) is 0 Å². The summed E-state index contributed by atoms with van der Waals surface area (Å²) < 4.78 is 9.93. The van der Waals surface area contributed by atoms with Gasteiger partial charge in [-0.15, -0.1) is 0 Å². The number of aliphatic hydroxyl groups excluding tert-OH is 6. The maximum atomic E-state index is 11.2. The van der Waals surface area contributed by atoms with Gasteiger partial charge in [-0.3, -0.25) is 0 Å². The van der Waals surface area contributed by atoms with E-state index < -0.39 is 72.5 Å². The zero-order chi connectivity index (χ0) is 22.0. The lowest BCUT2D eigenvalue weighted by molar-refractivity contribution is -0.319. The minimum absolute atomic E-state index is 0.0203. The van der Waals surface area contributed by atoms with E-state index in [-0.39, 0.29) is 6.42 Å². The number of carboxylic acid groups (broad SMARTS) is 2. The molecular formula is C16H28O12. The van der Waals surface area contributed by atoms with Crippen molar-refractivity contribution < 1.29 is 59.9 Å².